The van der Waals surface area contributed by atoms with E-state index in [1.807, 2.05) is 0 Å². The van der Waals surface area contributed by atoms with Gasteiger partial charge in [0.25, 0.3) is 0 Å². The number of hydrogen-bond donors (Lipinski definition) is 3. The maximum Gasteiger partial charge on any atom is 0.222 e. The maximum atomic E-state index is 11.4. The normalized spacial score (nSPS) is 13.7. The average Bonchev–Trinajstić information content (AvgIpc) is 2.35. The maximum absolute atomic E-state index is 11.4. The van der Waals surface area contributed by atoms with Crippen molar-refractivity contribution in [2.24, 2.45) is 0 Å². The number of likely N-dealkylation sites (N-methyl/N-ethyl adjacent to an activating group) is 2. The molecule has 3 N–H and O–H groups in total. The average molecular weight is 257 g/mol. The van der Waals surface area contributed by atoms with Gasteiger partial charge in [0.05, 0.1) is 12.1 Å². The van der Waals surface area contributed by atoms with Gasteiger partial charge < -0.3 is 20.7 Å². The fraction of sp³-hybridized carbons (Fsp3) is 0.750. The van der Waals surface area contributed by atoms with Crippen LogP contribution in [-0.4, -0.2) is 50.7 Å². The van der Waals surface area contributed by atoms with E-state index in [9.17, 15) is 14.4 Å². The molecular formula is C12H23N3O3. The van der Waals surface area contributed by atoms with Crippen LogP contribution >= 0.6 is 0 Å². The first-order valence-corrected chi connectivity index (χ1v) is 6.12. The van der Waals surface area contributed by atoms with Crippen LogP contribution in [0.2, 0.25) is 0 Å². The fourth-order valence-corrected chi connectivity index (χ4v) is 1.57. The quantitative estimate of drug-likeness (QED) is 0.353. The Bertz CT molecular complexity index is 282. The molecule has 0 heterocycles. The number of amides is 1. The Hall–Kier alpha value is -1.27. The van der Waals surface area contributed by atoms with E-state index in [2.05, 4.69) is 16.0 Å². The van der Waals surface area contributed by atoms with E-state index >= 15 is 0 Å². The molecule has 0 saturated heterocycles. The van der Waals surface area contributed by atoms with Gasteiger partial charge in [0.15, 0.2) is 0 Å². The van der Waals surface area contributed by atoms with Gasteiger partial charge in [0.2, 0.25) is 5.91 Å². The van der Waals surface area contributed by atoms with Crippen molar-refractivity contribution in [1.29, 1.82) is 0 Å². The summed E-state index contributed by atoms with van der Waals surface area (Å²) in [4.78, 5) is 33.1. The van der Waals surface area contributed by atoms with Gasteiger partial charge in [-0.15, -0.1) is 0 Å². The van der Waals surface area contributed by atoms with Gasteiger partial charge in [-0.3, -0.25) is 9.59 Å². The van der Waals surface area contributed by atoms with Crippen molar-refractivity contribution in [1.82, 2.24) is 16.0 Å². The summed E-state index contributed by atoms with van der Waals surface area (Å²) in [6.07, 6.45) is 2.27. The van der Waals surface area contributed by atoms with Gasteiger partial charge in [0.1, 0.15) is 12.1 Å². The Morgan fingerprint density at radius 1 is 1.22 bits per heavy atom. The van der Waals surface area contributed by atoms with E-state index in [1.54, 1.807) is 21.0 Å². The summed E-state index contributed by atoms with van der Waals surface area (Å²) in [7, 11) is 3.38. The van der Waals surface area contributed by atoms with Crippen molar-refractivity contribution in [3.63, 3.8) is 0 Å². The van der Waals surface area contributed by atoms with Crippen molar-refractivity contribution in [2.75, 3.05) is 20.6 Å². The first-order chi connectivity index (χ1) is 8.54. The molecule has 0 saturated carbocycles. The summed E-state index contributed by atoms with van der Waals surface area (Å²) >= 11 is 0. The smallest absolute Gasteiger partial charge is 0.222 e. The molecule has 0 aliphatic heterocycles. The van der Waals surface area contributed by atoms with Crippen LogP contribution in [0.5, 0.6) is 0 Å². The molecule has 0 radical (unpaired) electrons. The van der Waals surface area contributed by atoms with E-state index in [1.165, 1.54) is 0 Å². The number of carbonyl (C=O) groups is 3. The third-order valence-electron chi connectivity index (χ3n) is 2.77. The lowest BCUT2D eigenvalue weighted by Crippen LogP contribution is -2.36. The molecule has 104 valence electrons. The Balaban J connectivity index is 3.74. The van der Waals surface area contributed by atoms with Crippen LogP contribution in [-0.2, 0) is 14.4 Å². The van der Waals surface area contributed by atoms with E-state index in [4.69, 9.17) is 0 Å². The van der Waals surface area contributed by atoms with Crippen LogP contribution in [0.15, 0.2) is 0 Å². The molecule has 0 spiro atoms. The van der Waals surface area contributed by atoms with Crippen LogP contribution in [0.1, 0.15) is 26.2 Å². The summed E-state index contributed by atoms with van der Waals surface area (Å²) in [5, 5.41) is 8.38. The van der Waals surface area contributed by atoms with E-state index < -0.39 is 6.04 Å². The molecular weight excluding hydrogens is 234 g/mol. The van der Waals surface area contributed by atoms with Crippen LogP contribution in [0.25, 0.3) is 0 Å². The zero-order valence-corrected chi connectivity index (χ0v) is 11.3. The highest BCUT2D eigenvalue weighted by Crippen LogP contribution is 1.97. The third kappa shape index (κ3) is 7.13. The highest BCUT2D eigenvalue weighted by Gasteiger charge is 2.12. The second-order valence-corrected chi connectivity index (χ2v) is 4.18. The highest BCUT2D eigenvalue weighted by atomic mass is 16.2. The van der Waals surface area contributed by atoms with Crippen molar-refractivity contribution >= 4 is 18.0 Å². The third-order valence-corrected chi connectivity index (χ3v) is 2.77. The van der Waals surface area contributed by atoms with E-state index in [0.29, 0.717) is 19.3 Å². The lowest BCUT2D eigenvalue weighted by atomic mass is 10.1. The van der Waals surface area contributed by atoms with Gasteiger partial charge in [-0.2, -0.15) is 0 Å². The first kappa shape index (κ1) is 16.7. The highest BCUT2D eigenvalue weighted by molar-refractivity contribution is 5.81. The predicted molar refractivity (Wildman–Crippen MR) is 69.3 cm³/mol. The molecule has 2 unspecified atom stereocenters. The van der Waals surface area contributed by atoms with E-state index in [-0.39, 0.29) is 24.2 Å². The molecule has 2 atom stereocenters. The van der Waals surface area contributed by atoms with Crippen molar-refractivity contribution in [3.05, 3.63) is 0 Å². The zero-order chi connectivity index (χ0) is 14.0. The Labute approximate surface area is 108 Å². The molecule has 1 amide bonds. The van der Waals surface area contributed by atoms with Crippen molar-refractivity contribution in [3.8, 4) is 0 Å². The van der Waals surface area contributed by atoms with Crippen molar-refractivity contribution < 1.29 is 14.4 Å². The summed E-state index contributed by atoms with van der Waals surface area (Å²) < 4.78 is 0. The Morgan fingerprint density at radius 2 is 1.89 bits per heavy atom. The number of hydrogen-bond acceptors (Lipinski definition) is 5. The first-order valence-electron chi connectivity index (χ1n) is 6.12. The van der Waals surface area contributed by atoms with Crippen molar-refractivity contribution in [2.45, 2.75) is 38.3 Å². The number of rotatable bonds is 10. The monoisotopic (exact) mass is 257 g/mol. The second kappa shape index (κ2) is 9.73. The number of aldehydes is 1. The molecule has 6 nitrogen and oxygen atoms in total. The van der Waals surface area contributed by atoms with Crippen LogP contribution in [0.3, 0.4) is 0 Å². The minimum Gasteiger partial charge on any atom is -0.356 e. The van der Waals surface area contributed by atoms with E-state index in [0.717, 1.165) is 6.42 Å². The fourth-order valence-electron chi connectivity index (χ4n) is 1.57. The molecule has 0 aliphatic rings. The molecule has 0 aromatic rings. The largest absolute Gasteiger partial charge is 0.356 e. The zero-order valence-electron chi connectivity index (χ0n) is 11.3. The minimum absolute atomic E-state index is 0.0972. The SMILES string of the molecule is CNC(C=O)CC(=O)NCCCC(NC)C(C)=O. The Morgan fingerprint density at radius 3 is 2.33 bits per heavy atom. The Kier molecular flexibility index (Phi) is 9.04. The lowest BCUT2D eigenvalue weighted by Gasteiger charge is -2.13. The summed E-state index contributed by atoms with van der Waals surface area (Å²) in [6, 6.07) is -0.589. The van der Waals surface area contributed by atoms with Gasteiger partial charge in [-0.25, -0.2) is 0 Å². The molecule has 0 bridgehead atoms. The van der Waals surface area contributed by atoms with Gasteiger partial charge in [-0.05, 0) is 33.9 Å². The standard InChI is InChI=1S/C12H23N3O3/c1-9(17)11(14-3)5-4-6-15-12(18)7-10(8-16)13-2/h8,10-11,13-14H,4-7H2,1-3H3,(H,15,18). The lowest BCUT2D eigenvalue weighted by molar-refractivity contribution is -0.123. The molecule has 0 aromatic carbocycles. The van der Waals surface area contributed by atoms with Crippen LogP contribution < -0.4 is 16.0 Å². The topological polar surface area (TPSA) is 87.3 Å². The van der Waals surface area contributed by atoms with Gasteiger partial charge in [0, 0.05) is 13.0 Å². The number of Topliss-reactive ketones (excluding diaryl/α,β-unsaturated/α-hetero) is 1. The second-order valence-electron chi connectivity index (χ2n) is 4.18. The number of nitrogens with one attached hydrogen (secondary N) is 3. The minimum atomic E-state index is -0.438. The summed E-state index contributed by atoms with van der Waals surface area (Å²) in [6.45, 7) is 2.06. The molecule has 0 aromatic heterocycles. The van der Waals surface area contributed by atoms with Crippen LogP contribution in [0, 0.1) is 0 Å². The van der Waals surface area contributed by atoms with Crippen LogP contribution in [0.4, 0.5) is 0 Å². The number of carbonyl (C=O) groups excluding carboxylic acids is 3. The molecule has 18 heavy (non-hydrogen) atoms. The molecule has 0 fully saturated rings. The molecule has 0 aliphatic carbocycles. The summed E-state index contributed by atoms with van der Waals surface area (Å²) in [5.41, 5.74) is 0. The van der Waals surface area contributed by atoms with Gasteiger partial charge in [-0.1, -0.05) is 0 Å². The molecule has 0 rings (SSSR count). The predicted octanol–water partition coefficient (Wildman–Crippen LogP) is -0.763. The summed E-state index contributed by atoms with van der Waals surface area (Å²) in [5.74, 6) is -0.0645. The molecule has 6 heteroatoms. The number of ketones is 1. The van der Waals surface area contributed by atoms with Gasteiger partial charge >= 0.3 is 0 Å².